The van der Waals surface area contributed by atoms with Gasteiger partial charge in [0.2, 0.25) is 5.78 Å². The van der Waals surface area contributed by atoms with Crippen molar-refractivity contribution in [2.45, 2.75) is 32.4 Å². The Morgan fingerprint density at radius 1 is 1.50 bits per heavy atom. The summed E-state index contributed by atoms with van der Waals surface area (Å²) in [6.45, 7) is 7.11. The van der Waals surface area contributed by atoms with Crippen molar-refractivity contribution in [2.75, 3.05) is 26.3 Å². The Labute approximate surface area is 96.2 Å². The van der Waals surface area contributed by atoms with Gasteiger partial charge in [-0.15, -0.1) is 0 Å². The molecule has 1 fully saturated rings. The van der Waals surface area contributed by atoms with Crippen molar-refractivity contribution in [1.82, 2.24) is 4.90 Å². The van der Waals surface area contributed by atoms with Gasteiger partial charge in [-0.1, -0.05) is 0 Å². The smallest absolute Gasteiger partial charge is 0.226 e. The number of ketones is 1. The normalized spacial score (nSPS) is 26.7. The van der Waals surface area contributed by atoms with Crippen LogP contribution in [0.25, 0.3) is 0 Å². The Hall–Kier alpha value is -0.870. The molecule has 0 saturated carbocycles. The van der Waals surface area contributed by atoms with E-state index in [0.717, 1.165) is 13.0 Å². The maximum atomic E-state index is 12.0. The van der Waals surface area contributed by atoms with Gasteiger partial charge >= 0.3 is 0 Å². The molecule has 0 aromatic carbocycles. The molecular weight excluding hydrogens is 206 g/mol. The van der Waals surface area contributed by atoms with Crippen molar-refractivity contribution >= 4 is 5.78 Å². The zero-order valence-corrected chi connectivity index (χ0v) is 9.94. The number of rotatable bonds is 3. The molecule has 0 radical (unpaired) electrons. The molecule has 2 aliphatic rings. The first-order valence-corrected chi connectivity index (χ1v) is 5.91. The van der Waals surface area contributed by atoms with E-state index in [0.29, 0.717) is 31.6 Å². The highest BCUT2D eigenvalue weighted by Gasteiger charge is 2.31. The molecule has 2 aliphatic heterocycles. The second kappa shape index (κ2) is 4.97. The summed E-state index contributed by atoms with van der Waals surface area (Å²) in [6.07, 6.45) is 2.35. The van der Waals surface area contributed by atoms with Crippen LogP contribution in [0.4, 0.5) is 0 Å². The van der Waals surface area contributed by atoms with Crippen LogP contribution in [0.1, 0.15) is 20.3 Å². The van der Waals surface area contributed by atoms with Crippen LogP contribution in [-0.2, 0) is 14.3 Å². The molecule has 2 rings (SSSR count). The number of hydrogen-bond acceptors (Lipinski definition) is 4. The van der Waals surface area contributed by atoms with Gasteiger partial charge in [0.15, 0.2) is 5.76 Å². The minimum atomic E-state index is -0.347. The molecule has 1 unspecified atom stereocenters. The average Bonchev–Trinajstić information content (AvgIpc) is 2.81. The number of Topliss-reactive ketones (excluding diaryl/α,β-unsaturated/α-hetero) is 1. The summed E-state index contributed by atoms with van der Waals surface area (Å²) < 4.78 is 10.8. The molecule has 0 spiro atoms. The van der Waals surface area contributed by atoms with E-state index in [1.807, 2.05) is 6.08 Å². The van der Waals surface area contributed by atoms with E-state index < -0.39 is 0 Å². The highest BCUT2D eigenvalue weighted by molar-refractivity contribution is 5.97. The second-order valence-electron chi connectivity index (χ2n) is 4.52. The van der Waals surface area contributed by atoms with Crippen LogP contribution < -0.4 is 0 Å². The molecule has 4 heteroatoms. The number of ether oxygens (including phenoxy) is 2. The van der Waals surface area contributed by atoms with Crippen LogP contribution >= 0.6 is 0 Å². The Morgan fingerprint density at radius 2 is 2.31 bits per heavy atom. The summed E-state index contributed by atoms with van der Waals surface area (Å²) >= 11 is 0. The van der Waals surface area contributed by atoms with Gasteiger partial charge in [0.25, 0.3) is 0 Å². The van der Waals surface area contributed by atoms with Gasteiger partial charge < -0.3 is 9.47 Å². The summed E-state index contributed by atoms with van der Waals surface area (Å²) in [7, 11) is 0. The van der Waals surface area contributed by atoms with Crippen molar-refractivity contribution < 1.29 is 14.3 Å². The van der Waals surface area contributed by atoms with Gasteiger partial charge in [0.05, 0.1) is 13.2 Å². The molecule has 4 nitrogen and oxygen atoms in total. The summed E-state index contributed by atoms with van der Waals surface area (Å²) in [5.41, 5.74) is 0. The van der Waals surface area contributed by atoms with Crippen LogP contribution in [0.15, 0.2) is 11.8 Å². The van der Waals surface area contributed by atoms with E-state index in [1.54, 1.807) is 0 Å². The monoisotopic (exact) mass is 225 g/mol. The molecule has 0 amide bonds. The molecular formula is C12H19NO3. The van der Waals surface area contributed by atoms with E-state index in [1.165, 1.54) is 0 Å². The highest BCUT2D eigenvalue weighted by atomic mass is 16.5. The van der Waals surface area contributed by atoms with Crippen LogP contribution in [-0.4, -0.2) is 49.1 Å². The predicted molar refractivity (Wildman–Crippen MR) is 60.1 cm³/mol. The number of morpholine rings is 1. The number of carbonyl (C=O) groups is 1. The quantitative estimate of drug-likeness (QED) is 0.717. The lowest BCUT2D eigenvalue weighted by Crippen LogP contribution is -2.49. The lowest BCUT2D eigenvalue weighted by Gasteiger charge is -2.34. The molecule has 0 aliphatic carbocycles. The highest BCUT2D eigenvalue weighted by Crippen LogP contribution is 2.17. The van der Waals surface area contributed by atoms with Crippen molar-refractivity contribution in [1.29, 1.82) is 0 Å². The van der Waals surface area contributed by atoms with Gasteiger partial charge in [0, 0.05) is 25.6 Å². The van der Waals surface area contributed by atoms with Crippen molar-refractivity contribution in [3.05, 3.63) is 11.8 Å². The fourth-order valence-corrected chi connectivity index (χ4v) is 2.05. The molecule has 1 saturated heterocycles. The molecule has 0 N–H and O–H groups in total. The van der Waals surface area contributed by atoms with E-state index in [9.17, 15) is 4.79 Å². The topological polar surface area (TPSA) is 38.8 Å². The summed E-state index contributed by atoms with van der Waals surface area (Å²) in [5.74, 6) is 0.499. The maximum Gasteiger partial charge on any atom is 0.226 e. The predicted octanol–water partition coefficient (Wildman–Crippen LogP) is 0.969. The van der Waals surface area contributed by atoms with Gasteiger partial charge in [-0.2, -0.15) is 0 Å². The standard InChI is InChI=1S/C12H19NO3/c1-9(2)13-5-7-16-11(8-13)12(14)10-4-3-6-15-10/h4,9,11H,3,5-8H2,1-2H3. The Kier molecular flexibility index (Phi) is 3.61. The molecule has 1 atom stereocenters. The van der Waals surface area contributed by atoms with E-state index in [-0.39, 0.29) is 11.9 Å². The second-order valence-corrected chi connectivity index (χ2v) is 4.52. The third kappa shape index (κ3) is 2.44. The Morgan fingerprint density at radius 3 is 2.94 bits per heavy atom. The number of nitrogens with zero attached hydrogens (tertiary/aromatic N) is 1. The molecule has 0 aromatic rings. The fraction of sp³-hybridized carbons (Fsp3) is 0.750. The van der Waals surface area contributed by atoms with Crippen LogP contribution in [0.3, 0.4) is 0 Å². The number of carbonyl (C=O) groups excluding carboxylic acids is 1. The average molecular weight is 225 g/mol. The molecule has 16 heavy (non-hydrogen) atoms. The maximum absolute atomic E-state index is 12.0. The van der Waals surface area contributed by atoms with Crippen molar-refractivity contribution in [3.8, 4) is 0 Å². The van der Waals surface area contributed by atoms with E-state index in [4.69, 9.17) is 9.47 Å². The minimum Gasteiger partial charge on any atom is -0.490 e. The first-order chi connectivity index (χ1) is 7.68. The molecule has 0 aromatic heterocycles. The van der Waals surface area contributed by atoms with Gasteiger partial charge in [-0.25, -0.2) is 0 Å². The first kappa shape index (κ1) is 11.6. The van der Waals surface area contributed by atoms with Gasteiger partial charge in [-0.3, -0.25) is 9.69 Å². The van der Waals surface area contributed by atoms with Crippen molar-refractivity contribution in [3.63, 3.8) is 0 Å². The summed E-state index contributed by atoms with van der Waals surface area (Å²) in [6, 6.07) is 0.456. The van der Waals surface area contributed by atoms with Gasteiger partial charge in [0.1, 0.15) is 6.10 Å². The lowest BCUT2D eigenvalue weighted by molar-refractivity contribution is -0.136. The SMILES string of the molecule is CC(C)N1CCOC(C(=O)C2=CCCO2)C1. The molecule has 2 heterocycles. The summed E-state index contributed by atoms with van der Waals surface area (Å²) in [4.78, 5) is 14.3. The zero-order valence-electron chi connectivity index (χ0n) is 9.94. The minimum absolute atomic E-state index is 0.00264. The molecule has 90 valence electrons. The lowest BCUT2D eigenvalue weighted by atomic mass is 10.1. The third-order valence-electron chi connectivity index (χ3n) is 3.07. The van der Waals surface area contributed by atoms with Crippen LogP contribution in [0.5, 0.6) is 0 Å². The van der Waals surface area contributed by atoms with Crippen molar-refractivity contribution in [2.24, 2.45) is 0 Å². The Bertz CT molecular complexity index is 299. The Balaban J connectivity index is 1.96. The zero-order chi connectivity index (χ0) is 11.5. The van der Waals surface area contributed by atoms with E-state index >= 15 is 0 Å². The fourth-order valence-electron chi connectivity index (χ4n) is 2.05. The molecule has 0 bridgehead atoms. The van der Waals surface area contributed by atoms with Crippen LogP contribution in [0, 0.1) is 0 Å². The summed E-state index contributed by atoms with van der Waals surface area (Å²) in [5, 5.41) is 0. The third-order valence-corrected chi connectivity index (χ3v) is 3.07. The first-order valence-electron chi connectivity index (χ1n) is 5.91. The number of hydrogen-bond donors (Lipinski definition) is 0. The van der Waals surface area contributed by atoms with E-state index in [2.05, 4.69) is 18.7 Å². The van der Waals surface area contributed by atoms with Gasteiger partial charge in [-0.05, 0) is 19.9 Å². The van der Waals surface area contributed by atoms with Crippen LogP contribution in [0.2, 0.25) is 0 Å². The largest absolute Gasteiger partial charge is 0.490 e.